The minimum absolute atomic E-state index is 0.108. The number of aromatic nitrogens is 1. The first kappa shape index (κ1) is 18.2. The number of hydrogen-bond donors (Lipinski definition) is 0. The van der Waals surface area contributed by atoms with Crippen LogP contribution in [0.3, 0.4) is 0 Å². The Morgan fingerprint density at radius 3 is 2.32 bits per heavy atom. The van der Waals surface area contributed by atoms with E-state index >= 15 is 0 Å². The van der Waals surface area contributed by atoms with Crippen LogP contribution in [0.1, 0.15) is 53.7 Å². The Hall–Kier alpha value is -1.81. The van der Waals surface area contributed by atoms with E-state index < -0.39 is 0 Å². The fraction of sp³-hybridized carbons (Fsp3) is 0.500. The van der Waals surface area contributed by atoms with Crippen LogP contribution < -0.4 is 0 Å². The van der Waals surface area contributed by atoms with Crippen LogP contribution in [0.15, 0.2) is 48.7 Å². The highest BCUT2D eigenvalue weighted by atomic mass is 32.2. The van der Waals surface area contributed by atoms with Gasteiger partial charge < -0.3 is 0 Å². The number of benzene rings is 1. The summed E-state index contributed by atoms with van der Waals surface area (Å²) in [5.74, 6) is 4.11. The second kappa shape index (κ2) is 7.55. The minimum Gasteiger partial charge on any atom is -0.277 e. The van der Waals surface area contributed by atoms with Crippen LogP contribution in [0.25, 0.3) is 0 Å². The topological polar surface area (TPSA) is 33.2 Å². The first-order valence-electron chi connectivity index (χ1n) is 10.6. The number of hydrogen-bond acceptors (Lipinski definition) is 3. The van der Waals surface area contributed by atoms with Gasteiger partial charge in [-0.25, -0.2) is 0 Å². The van der Waals surface area contributed by atoms with Gasteiger partial charge in [-0.3, -0.25) is 14.1 Å². The zero-order valence-electron chi connectivity index (χ0n) is 16.5. The normalized spacial score (nSPS) is 30.4. The fourth-order valence-electron chi connectivity index (χ4n) is 6.09. The predicted octanol–water partition coefficient (Wildman–Crippen LogP) is 5.51. The van der Waals surface area contributed by atoms with E-state index in [1.54, 1.807) is 18.1 Å². The van der Waals surface area contributed by atoms with E-state index in [9.17, 15) is 4.79 Å². The molecule has 0 saturated heterocycles. The Bertz CT molecular complexity index is 825. The molecule has 4 saturated carbocycles. The standard InChI is InChI=1S/C24H28N2OS/c1-16-6-5-9-25-22(16)24(27)26(28-15-17-7-3-2-4-8-17)23-20-11-18-10-19(13-20)14-21(23)12-18/h2-9,18-21,23H,10-15H2,1H3. The molecule has 0 unspecified atom stereocenters. The van der Waals surface area contributed by atoms with Crippen LogP contribution >= 0.6 is 11.9 Å². The third-order valence-corrected chi connectivity index (χ3v) is 8.22. The predicted molar refractivity (Wildman–Crippen MR) is 114 cm³/mol. The Morgan fingerprint density at radius 1 is 1.00 bits per heavy atom. The lowest BCUT2D eigenvalue weighted by atomic mass is 9.54. The van der Waals surface area contributed by atoms with Gasteiger partial charge in [0, 0.05) is 18.0 Å². The van der Waals surface area contributed by atoms with E-state index in [1.807, 2.05) is 25.1 Å². The van der Waals surface area contributed by atoms with Gasteiger partial charge in [0.15, 0.2) is 0 Å². The van der Waals surface area contributed by atoms with Gasteiger partial charge in [-0.2, -0.15) is 0 Å². The Kier molecular flexibility index (Phi) is 4.92. The first-order valence-corrected chi connectivity index (χ1v) is 11.6. The monoisotopic (exact) mass is 392 g/mol. The zero-order chi connectivity index (χ0) is 19.1. The van der Waals surface area contributed by atoms with Gasteiger partial charge in [0.25, 0.3) is 5.91 Å². The van der Waals surface area contributed by atoms with Crippen molar-refractivity contribution in [1.82, 2.24) is 9.29 Å². The lowest BCUT2D eigenvalue weighted by molar-refractivity contribution is -0.0331. The zero-order valence-corrected chi connectivity index (χ0v) is 17.3. The van der Waals surface area contributed by atoms with Crippen LogP contribution in [0, 0.1) is 30.6 Å². The molecule has 2 aromatic rings. The summed E-state index contributed by atoms with van der Waals surface area (Å²) in [7, 11) is 0. The summed E-state index contributed by atoms with van der Waals surface area (Å²) in [5.41, 5.74) is 2.87. The van der Waals surface area contributed by atoms with Crippen molar-refractivity contribution >= 4 is 17.9 Å². The molecule has 4 aliphatic rings. The van der Waals surface area contributed by atoms with Crippen LogP contribution in [-0.4, -0.2) is 21.2 Å². The van der Waals surface area contributed by atoms with E-state index in [1.165, 1.54) is 37.7 Å². The molecular formula is C24H28N2OS. The Balaban J connectivity index is 1.44. The summed E-state index contributed by atoms with van der Waals surface area (Å²) in [6.45, 7) is 2.00. The molecular weight excluding hydrogens is 364 g/mol. The fourth-order valence-corrected chi connectivity index (χ4v) is 7.29. The molecule has 146 valence electrons. The SMILES string of the molecule is Cc1cccnc1C(=O)N(SCc1ccccc1)C1C2CC3CC(C2)CC1C3. The molecule has 4 bridgehead atoms. The molecule has 4 fully saturated rings. The number of nitrogens with zero attached hydrogens (tertiary/aromatic N) is 2. The maximum absolute atomic E-state index is 13.7. The Morgan fingerprint density at radius 2 is 1.68 bits per heavy atom. The van der Waals surface area contributed by atoms with Crippen molar-refractivity contribution in [1.29, 1.82) is 0 Å². The lowest BCUT2D eigenvalue weighted by Crippen LogP contribution is -2.55. The molecule has 0 atom stereocenters. The molecule has 0 radical (unpaired) electrons. The number of carbonyl (C=O) groups is 1. The van der Waals surface area contributed by atoms with Crippen molar-refractivity contribution in [3.63, 3.8) is 0 Å². The molecule has 3 nitrogen and oxygen atoms in total. The van der Waals surface area contributed by atoms with Gasteiger partial charge in [-0.05, 0) is 91.8 Å². The van der Waals surface area contributed by atoms with Crippen LogP contribution in [0.4, 0.5) is 0 Å². The number of pyridine rings is 1. The van der Waals surface area contributed by atoms with Crippen molar-refractivity contribution in [3.8, 4) is 0 Å². The van der Waals surface area contributed by atoms with Crippen LogP contribution in [0.2, 0.25) is 0 Å². The maximum atomic E-state index is 13.7. The largest absolute Gasteiger partial charge is 0.282 e. The third kappa shape index (κ3) is 3.36. The molecule has 1 aromatic heterocycles. The molecule has 4 heteroatoms. The molecule has 6 rings (SSSR count). The molecule has 1 aromatic carbocycles. The molecule has 0 aliphatic heterocycles. The highest BCUT2D eigenvalue weighted by molar-refractivity contribution is 7.96. The highest BCUT2D eigenvalue weighted by Crippen LogP contribution is 2.56. The van der Waals surface area contributed by atoms with E-state index in [0.717, 1.165) is 23.2 Å². The summed E-state index contributed by atoms with van der Waals surface area (Å²) in [6.07, 6.45) is 8.44. The number of rotatable bonds is 5. The summed E-state index contributed by atoms with van der Waals surface area (Å²) in [6, 6.07) is 14.8. The van der Waals surface area contributed by atoms with Gasteiger partial charge in [-0.15, -0.1) is 0 Å². The van der Waals surface area contributed by atoms with E-state index in [-0.39, 0.29) is 5.91 Å². The maximum Gasteiger partial charge on any atom is 0.282 e. The average molecular weight is 393 g/mol. The van der Waals surface area contributed by atoms with Gasteiger partial charge in [0.05, 0.1) is 0 Å². The second-order valence-corrected chi connectivity index (χ2v) is 9.92. The number of amides is 1. The molecule has 1 amide bonds. The minimum atomic E-state index is 0.108. The van der Waals surface area contributed by atoms with Crippen LogP contribution in [-0.2, 0) is 5.75 Å². The molecule has 0 N–H and O–H groups in total. The van der Waals surface area contributed by atoms with Gasteiger partial charge >= 0.3 is 0 Å². The summed E-state index contributed by atoms with van der Waals surface area (Å²) < 4.78 is 2.15. The average Bonchev–Trinajstić information content (AvgIpc) is 2.70. The van der Waals surface area contributed by atoms with Crippen molar-refractivity contribution < 1.29 is 4.79 Å². The number of aryl methyl sites for hydroxylation is 1. The molecule has 4 aliphatic carbocycles. The van der Waals surface area contributed by atoms with Gasteiger partial charge in [-0.1, -0.05) is 36.4 Å². The second-order valence-electron chi connectivity index (χ2n) is 8.98. The van der Waals surface area contributed by atoms with Crippen molar-refractivity contribution in [3.05, 3.63) is 65.5 Å². The molecule has 28 heavy (non-hydrogen) atoms. The quantitative estimate of drug-likeness (QED) is 0.630. The van der Waals surface area contributed by atoms with E-state index in [0.29, 0.717) is 23.6 Å². The Labute approximate surface area is 172 Å². The van der Waals surface area contributed by atoms with E-state index in [4.69, 9.17) is 0 Å². The van der Waals surface area contributed by atoms with Crippen molar-refractivity contribution in [2.75, 3.05) is 0 Å². The summed E-state index contributed by atoms with van der Waals surface area (Å²) in [4.78, 5) is 18.1. The van der Waals surface area contributed by atoms with Crippen LogP contribution in [0.5, 0.6) is 0 Å². The van der Waals surface area contributed by atoms with Gasteiger partial charge in [0.2, 0.25) is 0 Å². The molecule has 0 spiro atoms. The smallest absolute Gasteiger partial charge is 0.277 e. The first-order chi connectivity index (χ1) is 13.7. The summed E-state index contributed by atoms with van der Waals surface area (Å²) >= 11 is 1.71. The van der Waals surface area contributed by atoms with Gasteiger partial charge in [0.1, 0.15) is 5.69 Å². The van der Waals surface area contributed by atoms with E-state index in [2.05, 4.69) is 33.6 Å². The van der Waals surface area contributed by atoms with Crippen molar-refractivity contribution in [2.45, 2.75) is 50.8 Å². The third-order valence-electron chi connectivity index (χ3n) is 7.07. The number of carbonyl (C=O) groups excluding carboxylic acids is 1. The van der Waals surface area contributed by atoms with Crippen molar-refractivity contribution in [2.24, 2.45) is 23.7 Å². The summed E-state index contributed by atoms with van der Waals surface area (Å²) in [5, 5.41) is 0. The molecule has 1 heterocycles. The highest BCUT2D eigenvalue weighted by Gasteiger charge is 2.51. The lowest BCUT2D eigenvalue weighted by Gasteiger charge is -2.56.